The molecular weight excluding hydrogens is 224 g/mol. The van der Waals surface area contributed by atoms with Crippen molar-refractivity contribution in [3.05, 3.63) is 23.4 Å². The minimum atomic E-state index is 0.136. The van der Waals surface area contributed by atoms with Gasteiger partial charge in [-0.3, -0.25) is 11.3 Å². The molecular formula is C14H24N4. The van der Waals surface area contributed by atoms with Gasteiger partial charge in [0.25, 0.3) is 0 Å². The topological polar surface area (TPSA) is 77.0 Å². The molecule has 1 aromatic rings. The number of hydrogen-bond donors (Lipinski definition) is 3. The lowest BCUT2D eigenvalue weighted by molar-refractivity contribution is 0.328. The van der Waals surface area contributed by atoms with Crippen LogP contribution in [0.15, 0.2) is 12.3 Å². The second-order valence-corrected chi connectivity index (χ2v) is 5.32. The van der Waals surface area contributed by atoms with E-state index in [0.717, 1.165) is 5.56 Å². The van der Waals surface area contributed by atoms with E-state index in [-0.39, 0.29) is 6.04 Å². The summed E-state index contributed by atoms with van der Waals surface area (Å²) in [5.74, 6) is 6.98. The quantitative estimate of drug-likeness (QED) is 0.436. The minimum Gasteiger partial charge on any atom is -0.383 e. The number of anilines is 1. The molecule has 0 radical (unpaired) electrons. The highest BCUT2D eigenvalue weighted by atomic mass is 15.2. The maximum absolute atomic E-state index is 6.04. The number of aryl methyl sites for hydroxylation is 1. The molecule has 1 fully saturated rings. The average molecular weight is 248 g/mol. The van der Waals surface area contributed by atoms with Gasteiger partial charge in [-0.2, -0.15) is 0 Å². The van der Waals surface area contributed by atoms with E-state index in [9.17, 15) is 0 Å². The molecule has 0 aliphatic heterocycles. The summed E-state index contributed by atoms with van der Waals surface area (Å²) in [6.45, 7) is 2.08. The van der Waals surface area contributed by atoms with E-state index in [2.05, 4.69) is 17.3 Å². The van der Waals surface area contributed by atoms with E-state index in [1.807, 2.05) is 6.07 Å². The molecule has 0 saturated heterocycles. The van der Waals surface area contributed by atoms with Crippen molar-refractivity contribution in [3.63, 3.8) is 0 Å². The van der Waals surface area contributed by atoms with Crippen molar-refractivity contribution in [1.82, 2.24) is 10.4 Å². The summed E-state index contributed by atoms with van der Waals surface area (Å²) in [5.41, 5.74) is 11.3. The molecule has 0 spiro atoms. The molecule has 18 heavy (non-hydrogen) atoms. The van der Waals surface area contributed by atoms with Gasteiger partial charge in [-0.05, 0) is 37.3 Å². The van der Waals surface area contributed by atoms with Gasteiger partial charge in [-0.15, -0.1) is 0 Å². The van der Waals surface area contributed by atoms with Gasteiger partial charge in [0.05, 0.1) is 6.04 Å². The van der Waals surface area contributed by atoms with Gasteiger partial charge in [-0.25, -0.2) is 4.98 Å². The molecule has 0 bridgehead atoms. The van der Waals surface area contributed by atoms with E-state index in [1.54, 1.807) is 6.20 Å². The van der Waals surface area contributed by atoms with Gasteiger partial charge in [-0.1, -0.05) is 25.7 Å². The zero-order chi connectivity index (χ0) is 13.0. The lowest BCUT2D eigenvalue weighted by Crippen LogP contribution is -2.34. The summed E-state index contributed by atoms with van der Waals surface area (Å²) in [6.07, 6.45) is 9.48. The van der Waals surface area contributed by atoms with Crippen LogP contribution in [0.5, 0.6) is 0 Å². The zero-order valence-electron chi connectivity index (χ0n) is 11.2. The SMILES string of the molecule is Cc1ccnc(N)c1C(NN)C1CCCCCC1. The lowest BCUT2D eigenvalue weighted by Gasteiger charge is -2.27. The first-order chi connectivity index (χ1) is 8.74. The Bertz CT molecular complexity index is 363. The molecule has 0 amide bonds. The van der Waals surface area contributed by atoms with E-state index in [1.165, 1.54) is 44.1 Å². The van der Waals surface area contributed by atoms with Gasteiger partial charge in [0.15, 0.2) is 0 Å². The Balaban J connectivity index is 2.26. The van der Waals surface area contributed by atoms with Crippen molar-refractivity contribution in [3.8, 4) is 0 Å². The Morgan fingerprint density at radius 1 is 1.28 bits per heavy atom. The standard InChI is InChI=1S/C14H24N4/c1-10-8-9-17-14(15)12(10)13(18-16)11-6-4-2-3-5-7-11/h8-9,11,13,18H,2-7,16H2,1H3,(H2,15,17). The van der Waals surface area contributed by atoms with Gasteiger partial charge in [0.2, 0.25) is 0 Å². The predicted octanol–water partition coefficient (Wildman–Crippen LogP) is 2.45. The number of nitrogens with zero attached hydrogens (tertiary/aromatic N) is 1. The molecule has 1 unspecified atom stereocenters. The summed E-state index contributed by atoms with van der Waals surface area (Å²) in [5, 5.41) is 0. The number of hydrogen-bond acceptors (Lipinski definition) is 4. The van der Waals surface area contributed by atoms with Crippen LogP contribution >= 0.6 is 0 Å². The van der Waals surface area contributed by atoms with Crippen LogP contribution in [0.1, 0.15) is 55.7 Å². The molecule has 1 atom stereocenters. The third kappa shape index (κ3) is 2.82. The van der Waals surface area contributed by atoms with Crippen LogP contribution in [0.3, 0.4) is 0 Å². The van der Waals surface area contributed by atoms with Crippen LogP contribution in [-0.2, 0) is 0 Å². The molecule has 2 rings (SSSR count). The number of nitrogen functional groups attached to an aromatic ring is 1. The smallest absolute Gasteiger partial charge is 0.128 e. The van der Waals surface area contributed by atoms with Gasteiger partial charge >= 0.3 is 0 Å². The molecule has 0 aromatic carbocycles. The van der Waals surface area contributed by atoms with Crippen molar-refractivity contribution in [2.75, 3.05) is 5.73 Å². The number of aromatic nitrogens is 1. The summed E-state index contributed by atoms with van der Waals surface area (Å²) in [6, 6.07) is 2.14. The second-order valence-electron chi connectivity index (χ2n) is 5.32. The first-order valence-corrected chi connectivity index (χ1v) is 6.91. The van der Waals surface area contributed by atoms with Crippen molar-refractivity contribution in [2.24, 2.45) is 11.8 Å². The predicted molar refractivity (Wildman–Crippen MR) is 74.6 cm³/mol. The fraction of sp³-hybridized carbons (Fsp3) is 0.643. The van der Waals surface area contributed by atoms with E-state index < -0.39 is 0 Å². The zero-order valence-corrected chi connectivity index (χ0v) is 11.2. The van der Waals surface area contributed by atoms with Crippen LogP contribution in [0.2, 0.25) is 0 Å². The van der Waals surface area contributed by atoms with Crippen LogP contribution in [-0.4, -0.2) is 4.98 Å². The van der Waals surface area contributed by atoms with Crippen molar-refractivity contribution < 1.29 is 0 Å². The largest absolute Gasteiger partial charge is 0.383 e. The van der Waals surface area contributed by atoms with Gasteiger partial charge < -0.3 is 5.73 Å². The highest BCUT2D eigenvalue weighted by Gasteiger charge is 2.26. The summed E-state index contributed by atoms with van der Waals surface area (Å²) in [7, 11) is 0. The molecule has 5 N–H and O–H groups in total. The first kappa shape index (κ1) is 13.3. The molecule has 4 heteroatoms. The van der Waals surface area contributed by atoms with Gasteiger partial charge in [0, 0.05) is 11.8 Å². The Hall–Kier alpha value is -1.13. The van der Waals surface area contributed by atoms with Crippen LogP contribution in [0.25, 0.3) is 0 Å². The van der Waals surface area contributed by atoms with E-state index in [4.69, 9.17) is 11.6 Å². The number of hydrazine groups is 1. The third-order valence-corrected chi connectivity index (χ3v) is 4.10. The summed E-state index contributed by atoms with van der Waals surface area (Å²) >= 11 is 0. The number of nitrogens with one attached hydrogen (secondary N) is 1. The second kappa shape index (κ2) is 6.16. The van der Waals surface area contributed by atoms with Crippen LogP contribution < -0.4 is 17.0 Å². The fourth-order valence-electron chi connectivity index (χ4n) is 3.09. The monoisotopic (exact) mass is 248 g/mol. The normalized spacial score (nSPS) is 19.4. The average Bonchev–Trinajstić information content (AvgIpc) is 2.63. The molecule has 1 aliphatic rings. The van der Waals surface area contributed by atoms with E-state index >= 15 is 0 Å². The molecule has 100 valence electrons. The van der Waals surface area contributed by atoms with Gasteiger partial charge in [0.1, 0.15) is 5.82 Å². The Morgan fingerprint density at radius 2 is 1.94 bits per heavy atom. The van der Waals surface area contributed by atoms with Crippen molar-refractivity contribution in [2.45, 2.75) is 51.5 Å². The number of nitrogens with two attached hydrogens (primary N) is 2. The Kier molecular flexibility index (Phi) is 4.55. The van der Waals surface area contributed by atoms with Crippen molar-refractivity contribution in [1.29, 1.82) is 0 Å². The van der Waals surface area contributed by atoms with E-state index in [0.29, 0.717) is 11.7 Å². The molecule has 1 aromatic heterocycles. The highest BCUT2D eigenvalue weighted by Crippen LogP contribution is 2.35. The third-order valence-electron chi connectivity index (χ3n) is 4.10. The Morgan fingerprint density at radius 3 is 2.50 bits per heavy atom. The molecule has 1 aliphatic carbocycles. The number of pyridine rings is 1. The maximum atomic E-state index is 6.04. The fourth-order valence-corrected chi connectivity index (χ4v) is 3.09. The molecule has 1 heterocycles. The number of rotatable bonds is 3. The highest BCUT2D eigenvalue weighted by molar-refractivity contribution is 5.46. The lowest BCUT2D eigenvalue weighted by atomic mass is 9.86. The molecule has 4 nitrogen and oxygen atoms in total. The first-order valence-electron chi connectivity index (χ1n) is 6.91. The maximum Gasteiger partial charge on any atom is 0.128 e. The summed E-state index contributed by atoms with van der Waals surface area (Å²) < 4.78 is 0. The van der Waals surface area contributed by atoms with Crippen LogP contribution in [0.4, 0.5) is 5.82 Å². The van der Waals surface area contributed by atoms with Crippen LogP contribution in [0, 0.1) is 12.8 Å². The summed E-state index contributed by atoms with van der Waals surface area (Å²) in [4.78, 5) is 4.21. The molecule has 1 saturated carbocycles. The Labute approximate surface area is 109 Å². The van der Waals surface area contributed by atoms with Crippen molar-refractivity contribution >= 4 is 5.82 Å². The minimum absolute atomic E-state index is 0.136.